The quantitative estimate of drug-likeness (QED) is 0.929. The fourth-order valence-electron chi connectivity index (χ4n) is 1.79. The zero-order valence-electron chi connectivity index (χ0n) is 9.71. The number of benzene rings is 1. The molecule has 1 saturated heterocycles. The van der Waals surface area contributed by atoms with Crippen LogP contribution in [-0.4, -0.2) is 48.5 Å². The van der Waals surface area contributed by atoms with E-state index in [0.29, 0.717) is 25.5 Å². The van der Waals surface area contributed by atoms with Gasteiger partial charge in [0.15, 0.2) is 0 Å². The number of para-hydroxylation sites is 1. The van der Waals surface area contributed by atoms with Gasteiger partial charge >= 0.3 is 6.09 Å². The standard InChI is InChI=1S/C12H14BrNO4/c13-10-3-1-2-4-11(10)18-8-9-7-17-6-5-14(9)12(15)16/h1-4,9H,5-8H2,(H,15,16). The van der Waals surface area contributed by atoms with Crippen LogP contribution in [0.15, 0.2) is 28.7 Å². The molecule has 1 amide bonds. The highest BCUT2D eigenvalue weighted by molar-refractivity contribution is 9.10. The molecular formula is C12H14BrNO4. The van der Waals surface area contributed by atoms with Crippen LogP contribution in [0.25, 0.3) is 0 Å². The molecule has 1 fully saturated rings. The maximum atomic E-state index is 11.0. The van der Waals surface area contributed by atoms with Crippen LogP contribution in [0.2, 0.25) is 0 Å². The monoisotopic (exact) mass is 315 g/mol. The molecule has 0 radical (unpaired) electrons. The minimum Gasteiger partial charge on any atom is -0.490 e. The molecule has 1 aliphatic rings. The second-order valence-corrected chi connectivity index (χ2v) is 4.80. The first-order chi connectivity index (χ1) is 8.68. The Balaban J connectivity index is 1.96. The first-order valence-electron chi connectivity index (χ1n) is 5.63. The lowest BCUT2D eigenvalue weighted by Crippen LogP contribution is -2.50. The van der Waals surface area contributed by atoms with E-state index in [9.17, 15) is 4.79 Å². The fraction of sp³-hybridized carbons (Fsp3) is 0.417. The largest absolute Gasteiger partial charge is 0.490 e. The van der Waals surface area contributed by atoms with Crippen LogP contribution in [0.4, 0.5) is 4.79 Å². The highest BCUT2D eigenvalue weighted by Crippen LogP contribution is 2.24. The zero-order valence-corrected chi connectivity index (χ0v) is 11.3. The van der Waals surface area contributed by atoms with Gasteiger partial charge < -0.3 is 14.6 Å². The molecule has 1 aromatic carbocycles. The maximum absolute atomic E-state index is 11.0. The first kappa shape index (κ1) is 13.2. The van der Waals surface area contributed by atoms with Crippen LogP contribution >= 0.6 is 15.9 Å². The van der Waals surface area contributed by atoms with Crippen LogP contribution in [0.5, 0.6) is 5.75 Å². The molecule has 1 aliphatic heterocycles. The van der Waals surface area contributed by atoms with Gasteiger partial charge in [-0.05, 0) is 28.1 Å². The lowest BCUT2D eigenvalue weighted by molar-refractivity contribution is -0.0149. The third-order valence-corrected chi connectivity index (χ3v) is 3.40. The summed E-state index contributed by atoms with van der Waals surface area (Å²) in [6, 6.07) is 7.21. The van der Waals surface area contributed by atoms with Gasteiger partial charge in [-0.1, -0.05) is 12.1 Å². The minimum atomic E-state index is -0.931. The SMILES string of the molecule is O=C(O)N1CCOCC1COc1ccccc1Br. The third-order valence-electron chi connectivity index (χ3n) is 2.74. The molecular weight excluding hydrogens is 302 g/mol. The van der Waals surface area contributed by atoms with Crippen LogP contribution in [0.3, 0.4) is 0 Å². The van der Waals surface area contributed by atoms with Crippen LogP contribution in [0.1, 0.15) is 0 Å². The van der Waals surface area contributed by atoms with E-state index in [1.165, 1.54) is 4.90 Å². The second-order valence-electron chi connectivity index (χ2n) is 3.95. The maximum Gasteiger partial charge on any atom is 0.407 e. The van der Waals surface area contributed by atoms with Gasteiger partial charge in [0.2, 0.25) is 0 Å². The summed E-state index contributed by atoms with van der Waals surface area (Å²) < 4.78 is 11.8. The molecule has 1 atom stereocenters. The molecule has 6 heteroatoms. The van der Waals surface area contributed by atoms with Crippen molar-refractivity contribution in [3.63, 3.8) is 0 Å². The number of ether oxygens (including phenoxy) is 2. The summed E-state index contributed by atoms with van der Waals surface area (Å²) >= 11 is 3.38. The minimum absolute atomic E-state index is 0.261. The van der Waals surface area contributed by atoms with Gasteiger partial charge in [0.05, 0.1) is 23.7 Å². The van der Waals surface area contributed by atoms with Crippen molar-refractivity contribution in [3.05, 3.63) is 28.7 Å². The van der Waals surface area contributed by atoms with Crippen LogP contribution in [-0.2, 0) is 4.74 Å². The number of nitrogens with zero attached hydrogens (tertiary/aromatic N) is 1. The molecule has 98 valence electrons. The van der Waals surface area contributed by atoms with Gasteiger partial charge in [0, 0.05) is 6.54 Å². The Labute approximate surface area is 113 Å². The van der Waals surface area contributed by atoms with E-state index >= 15 is 0 Å². The van der Waals surface area contributed by atoms with Gasteiger partial charge in [-0.25, -0.2) is 4.79 Å². The number of rotatable bonds is 3. The molecule has 0 saturated carbocycles. The molecule has 1 heterocycles. The van der Waals surface area contributed by atoms with E-state index in [1.54, 1.807) is 0 Å². The molecule has 5 nitrogen and oxygen atoms in total. The van der Waals surface area contributed by atoms with Crippen molar-refractivity contribution < 1.29 is 19.4 Å². The summed E-state index contributed by atoms with van der Waals surface area (Å²) in [7, 11) is 0. The van der Waals surface area contributed by atoms with Crippen molar-refractivity contribution in [2.45, 2.75) is 6.04 Å². The zero-order chi connectivity index (χ0) is 13.0. The summed E-state index contributed by atoms with van der Waals surface area (Å²) in [6.07, 6.45) is -0.931. The van der Waals surface area contributed by atoms with Crippen molar-refractivity contribution in [1.29, 1.82) is 0 Å². The molecule has 0 aromatic heterocycles. The Morgan fingerprint density at radius 1 is 1.56 bits per heavy atom. The van der Waals surface area contributed by atoms with Crippen molar-refractivity contribution >= 4 is 22.0 Å². The predicted octanol–water partition coefficient (Wildman–Crippen LogP) is 2.21. The number of hydrogen-bond donors (Lipinski definition) is 1. The van der Waals surface area contributed by atoms with E-state index in [2.05, 4.69) is 15.9 Å². The number of morpholine rings is 1. The van der Waals surface area contributed by atoms with Gasteiger partial charge in [0.1, 0.15) is 12.4 Å². The predicted molar refractivity (Wildman–Crippen MR) is 69.0 cm³/mol. The lowest BCUT2D eigenvalue weighted by Gasteiger charge is -2.33. The number of carboxylic acid groups (broad SMARTS) is 1. The fourth-order valence-corrected chi connectivity index (χ4v) is 2.19. The smallest absolute Gasteiger partial charge is 0.407 e. The summed E-state index contributed by atoms with van der Waals surface area (Å²) in [5, 5.41) is 9.07. The molecule has 1 N–H and O–H groups in total. The normalized spacial score (nSPS) is 19.6. The van der Waals surface area contributed by atoms with Gasteiger partial charge in [0.25, 0.3) is 0 Å². The number of halogens is 1. The van der Waals surface area contributed by atoms with Crippen molar-refractivity contribution in [2.75, 3.05) is 26.4 Å². The molecule has 1 aromatic rings. The second kappa shape index (κ2) is 6.06. The Hall–Kier alpha value is -1.27. The average molecular weight is 316 g/mol. The van der Waals surface area contributed by atoms with Gasteiger partial charge in [-0.3, -0.25) is 4.90 Å². The molecule has 18 heavy (non-hydrogen) atoms. The van der Waals surface area contributed by atoms with Crippen LogP contribution in [0, 0.1) is 0 Å². The van der Waals surface area contributed by atoms with E-state index < -0.39 is 6.09 Å². The van der Waals surface area contributed by atoms with E-state index in [-0.39, 0.29) is 12.6 Å². The average Bonchev–Trinajstić information content (AvgIpc) is 2.38. The highest BCUT2D eigenvalue weighted by Gasteiger charge is 2.27. The van der Waals surface area contributed by atoms with E-state index in [4.69, 9.17) is 14.6 Å². The Bertz CT molecular complexity index is 426. The van der Waals surface area contributed by atoms with Gasteiger partial charge in [-0.15, -0.1) is 0 Å². The van der Waals surface area contributed by atoms with E-state index in [0.717, 1.165) is 4.47 Å². The summed E-state index contributed by atoms with van der Waals surface area (Å²) in [5.41, 5.74) is 0. The van der Waals surface area contributed by atoms with Crippen LogP contribution < -0.4 is 4.74 Å². The summed E-state index contributed by atoms with van der Waals surface area (Å²) in [5.74, 6) is 0.702. The number of hydrogen-bond acceptors (Lipinski definition) is 3. The van der Waals surface area contributed by atoms with Crippen molar-refractivity contribution in [2.24, 2.45) is 0 Å². The molecule has 2 rings (SSSR count). The van der Waals surface area contributed by atoms with Gasteiger partial charge in [-0.2, -0.15) is 0 Å². The topological polar surface area (TPSA) is 59.0 Å². The Morgan fingerprint density at radius 2 is 2.33 bits per heavy atom. The van der Waals surface area contributed by atoms with E-state index in [1.807, 2.05) is 24.3 Å². The van der Waals surface area contributed by atoms with Crippen molar-refractivity contribution in [1.82, 2.24) is 4.90 Å². The molecule has 0 aliphatic carbocycles. The number of amides is 1. The molecule has 0 spiro atoms. The third kappa shape index (κ3) is 3.14. The Kier molecular flexibility index (Phi) is 4.43. The summed E-state index contributed by atoms with van der Waals surface area (Å²) in [4.78, 5) is 12.4. The Morgan fingerprint density at radius 3 is 3.06 bits per heavy atom. The first-order valence-corrected chi connectivity index (χ1v) is 6.42. The molecule has 1 unspecified atom stereocenters. The highest BCUT2D eigenvalue weighted by atomic mass is 79.9. The summed E-state index contributed by atoms with van der Waals surface area (Å²) in [6.45, 7) is 1.49. The lowest BCUT2D eigenvalue weighted by atomic mass is 10.2. The van der Waals surface area contributed by atoms with Crippen molar-refractivity contribution in [3.8, 4) is 5.75 Å². The molecule has 0 bridgehead atoms. The number of carbonyl (C=O) groups is 1.